The van der Waals surface area contributed by atoms with Gasteiger partial charge in [-0.1, -0.05) is 56.3 Å². The molecule has 0 aliphatic carbocycles. The third kappa shape index (κ3) is 11.3. The van der Waals surface area contributed by atoms with Crippen LogP contribution in [0.5, 0.6) is 5.75 Å². The van der Waals surface area contributed by atoms with Crippen molar-refractivity contribution < 1.29 is 23.1 Å². The molecule has 0 aliphatic heterocycles. The molecule has 0 unspecified atom stereocenters. The molecule has 212 valence electrons. The quantitative estimate of drug-likeness (QED) is 0.270. The van der Waals surface area contributed by atoms with E-state index in [9.17, 15) is 18.3 Å². The first-order valence-corrected chi connectivity index (χ1v) is 16.0. The highest BCUT2D eigenvalue weighted by molar-refractivity contribution is 7.98. The van der Waals surface area contributed by atoms with Crippen LogP contribution in [-0.2, 0) is 27.8 Å². The summed E-state index contributed by atoms with van der Waals surface area (Å²) in [6.07, 6.45) is 2.18. The monoisotopic (exact) mass is 565 g/mol. The minimum atomic E-state index is -3.67. The number of aliphatic hydroxyl groups is 1. The van der Waals surface area contributed by atoms with Crippen LogP contribution in [0.15, 0.2) is 54.6 Å². The van der Waals surface area contributed by atoms with Crippen molar-refractivity contribution in [2.24, 2.45) is 11.7 Å². The normalized spacial score (nSPS) is 14.2. The van der Waals surface area contributed by atoms with Crippen LogP contribution in [0.1, 0.15) is 37.8 Å². The second-order valence-electron chi connectivity index (χ2n) is 9.94. The molecule has 0 spiro atoms. The summed E-state index contributed by atoms with van der Waals surface area (Å²) in [7, 11) is -2.10. The predicted molar refractivity (Wildman–Crippen MR) is 156 cm³/mol. The molecule has 0 saturated carbocycles. The van der Waals surface area contributed by atoms with E-state index in [4.69, 9.17) is 10.5 Å². The Morgan fingerprint density at radius 3 is 2.42 bits per heavy atom. The third-order valence-electron chi connectivity index (χ3n) is 6.23. The Bertz CT molecular complexity index is 1080. The lowest BCUT2D eigenvalue weighted by Gasteiger charge is -2.31. The Morgan fingerprint density at radius 1 is 1.11 bits per heavy atom. The van der Waals surface area contributed by atoms with Crippen LogP contribution in [0.4, 0.5) is 0 Å². The molecule has 0 saturated heterocycles. The number of ether oxygens (including phenoxy) is 1. The van der Waals surface area contributed by atoms with Gasteiger partial charge in [0.1, 0.15) is 11.8 Å². The molecule has 2 aromatic rings. The molecule has 0 aromatic heterocycles. The van der Waals surface area contributed by atoms with Gasteiger partial charge in [0.15, 0.2) is 0 Å². The summed E-state index contributed by atoms with van der Waals surface area (Å²) in [4.78, 5) is 15.3. The molecule has 3 atom stereocenters. The van der Waals surface area contributed by atoms with Crippen molar-refractivity contribution in [3.05, 3.63) is 65.7 Å². The lowest BCUT2D eigenvalue weighted by atomic mass is 10.0. The maximum atomic E-state index is 13.8. The van der Waals surface area contributed by atoms with E-state index in [-0.39, 0.29) is 30.7 Å². The van der Waals surface area contributed by atoms with Gasteiger partial charge in [-0.25, -0.2) is 13.1 Å². The average Bonchev–Trinajstić information content (AvgIpc) is 2.89. The highest BCUT2D eigenvalue weighted by Gasteiger charge is 2.31. The Morgan fingerprint density at radius 2 is 1.79 bits per heavy atom. The highest BCUT2D eigenvalue weighted by Crippen LogP contribution is 2.17. The fraction of sp³-hybridized carbons (Fsp3) is 0.536. The third-order valence-corrected chi connectivity index (χ3v) is 8.29. The van der Waals surface area contributed by atoms with Gasteiger partial charge in [-0.15, -0.1) is 0 Å². The zero-order valence-electron chi connectivity index (χ0n) is 22.9. The molecule has 0 radical (unpaired) electrons. The number of thioether (sulfide) groups is 1. The number of benzene rings is 2. The number of amides is 1. The number of rotatable bonds is 17. The molecular weight excluding hydrogens is 522 g/mol. The first-order chi connectivity index (χ1) is 18.0. The van der Waals surface area contributed by atoms with E-state index in [0.717, 1.165) is 11.1 Å². The second-order valence-corrected chi connectivity index (χ2v) is 12.8. The second kappa shape index (κ2) is 16.1. The van der Waals surface area contributed by atoms with Crippen LogP contribution in [0.3, 0.4) is 0 Å². The maximum Gasteiger partial charge on any atom is 0.241 e. The number of carbonyl (C=O) groups is 1. The summed E-state index contributed by atoms with van der Waals surface area (Å²) in [6.45, 7) is 4.06. The number of nitrogens with zero attached hydrogens (tertiary/aromatic N) is 1. The van der Waals surface area contributed by atoms with Gasteiger partial charge >= 0.3 is 0 Å². The van der Waals surface area contributed by atoms with Crippen LogP contribution in [0.2, 0.25) is 0 Å². The molecule has 2 rings (SSSR count). The fourth-order valence-corrected chi connectivity index (χ4v) is 5.99. The number of nitrogens with two attached hydrogens (primary N) is 1. The number of methoxy groups -OCH3 is 1. The van der Waals surface area contributed by atoms with E-state index >= 15 is 0 Å². The molecule has 0 bridgehead atoms. The maximum absolute atomic E-state index is 13.8. The summed E-state index contributed by atoms with van der Waals surface area (Å²) in [6, 6.07) is 15.4. The van der Waals surface area contributed by atoms with Gasteiger partial charge in [-0.05, 0) is 60.4 Å². The van der Waals surface area contributed by atoms with Crippen LogP contribution < -0.4 is 15.2 Å². The van der Waals surface area contributed by atoms with Crippen molar-refractivity contribution in [3.8, 4) is 5.75 Å². The summed E-state index contributed by atoms with van der Waals surface area (Å²) in [5.41, 5.74) is 8.13. The van der Waals surface area contributed by atoms with E-state index in [1.54, 1.807) is 18.9 Å². The molecule has 0 heterocycles. The Kier molecular flexibility index (Phi) is 13.6. The summed E-state index contributed by atoms with van der Waals surface area (Å²) in [5.74, 6) is 1.03. The van der Waals surface area contributed by atoms with Gasteiger partial charge in [-0.3, -0.25) is 4.79 Å². The molecule has 0 fully saturated rings. The molecule has 38 heavy (non-hydrogen) atoms. The van der Waals surface area contributed by atoms with Gasteiger partial charge in [-0.2, -0.15) is 11.8 Å². The standard InChI is InChI=1S/C28H43N3O5S2/c1-21(2)14-16-38(34,35)30-26(13-15-37-4)28(33)31(19-23-11-8-12-24(17-23)36-3)20-27(32)25(29)18-22-9-6-5-7-10-22/h5-12,17,21,25-27,30,32H,13-16,18-20,29H2,1-4H3/t25-,26-,27+/m0/s1. The van der Waals surface area contributed by atoms with E-state index < -0.39 is 28.2 Å². The summed E-state index contributed by atoms with van der Waals surface area (Å²) >= 11 is 1.54. The van der Waals surface area contributed by atoms with Crippen LogP contribution >= 0.6 is 11.8 Å². The zero-order valence-corrected chi connectivity index (χ0v) is 24.5. The van der Waals surface area contributed by atoms with E-state index in [1.807, 2.05) is 74.7 Å². The predicted octanol–water partition coefficient (Wildman–Crippen LogP) is 3.04. The van der Waals surface area contributed by atoms with E-state index in [1.165, 1.54) is 4.90 Å². The van der Waals surface area contributed by atoms with Crippen LogP contribution in [0, 0.1) is 5.92 Å². The van der Waals surface area contributed by atoms with Crippen LogP contribution in [-0.4, -0.2) is 73.9 Å². The smallest absolute Gasteiger partial charge is 0.241 e. The Hall–Kier alpha value is -2.11. The van der Waals surface area contributed by atoms with Gasteiger partial charge in [0, 0.05) is 19.1 Å². The molecule has 8 nitrogen and oxygen atoms in total. The van der Waals surface area contributed by atoms with Gasteiger partial charge in [0.05, 0.1) is 19.0 Å². The van der Waals surface area contributed by atoms with Crippen molar-refractivity contribution >= 4 is 27.7 Å². The zero-order chi connectivity index (χ0) is 28.1. The Balaban J connectivity index is 2.29. The minimum absolute atomic E-state index is 0.0342. The molecule has 4 N–H and O–H groups in total. The molecular formula is C28H43N3O5S2. The number of sulfonamides is 1. The number of hydrogen-bond donors (Lipinski definition) is 3. The largest absolute Gasteiger partial charge is 0.497 e. The van der Waals surface area contributed by atoms with Gasteiger partial charge < -0.3 is 20.5 Å². The number of aliphatic hydroxyl groups excluding tert-OH is 1. The number of carbonyl (C=O) groups excluding carboxylic acids is 1. The highest BCUT2D eigenvalue weighted by atomic mass is 32.2. The van der Waals surface area contributed by atoms with Gasteiger partial charge in [0.25, 0.3) is 0 Å². The first-order valence-electron chi connectivity index (χ1n) is 12.9. The lowest BCUT2D eigenvalue weighted by Crippen LogP contribution is -2.53. The number of hydrogen-bond acceptors (Lipinski definition) is 7. The minimum Gasteiger partial charge on any atom is -0.497 e. The van der Waals surface area contributed by atoms with E-state index in [0.29, 0.717) is 30.8 Å². The molecule has 0 aliphatic rings. The molecule has 10 heteroatoms. The van der Waals surface area contributed by atoms with Crippen molar-refractivity contribution in [3.63, 3.8) is 0 Å². The molecule has 2 aromatic carbocycles. The average molecular weight is 566 g/mol. The lowest BCUT2D eigenvalue weighted by molar-refractivity contribution is -0.135. The van der Waals surface area contributed by atoms with E-state index in [2.05, 4.69) is 4.72 Å². The van der Waals surface area contributed by atoms with Crippen molar-refractivity contribution in [2.45, 2.75) is 57.8 Å². The van der Waals surface area contributed by atoms with Crippen molar-refractivity contribution in [1.29, 1.82) is 0 Å². The number of nitrogens with one attached hydrogen (secondary N) is 1. The van der Waals surface area contributed by atoms with Crippen LogP contribution in [0.25, 0.3) is 0 Å². The Labute approximate surface area is 232 Å². The summed E-state index contributed by atoms with van der Waals surface area (Å²) < 4.78 is 33.6. The molecule has 1 amide bonds. The summed E-state index contributed by atoms with van der Waals surface area (Å²) in [5, 5.41) is 11.0. The fourth-order valence-electron chi connectivity index (χ4n) is 3.96. The topological polar surface area (TPSA) is 122 Å². The first kappa shape index (κ1) is 32.1. The SMILES string of the molecule is COc1cccc(CN(C[C@@H](O)[C@@H](N)Cc2ccccc2)C(=O)[C@H](CCSC)NS(=O)(=O)CCC(C)C)c1. The van der Waals surface area contributed by atoms with Gasteiger partial charge in [0.2, 0.25) is 15.9 Å². The van der Waals surface area contributed by atoms with Crippen molar-refractivity contribution in [2.75, 3.05) is 31.4 Å². The van der Waals surface area contributed by atoms with Crippen molar-refractivity contribution in [1.82, 2.24) is 9.62 Å².